The Bertz CT molecular complexity index is 681. The van der Waals surface area contributed by atoms with E-state index in [1.54, 1.807) is 0 Å². The molecule has 1 atom stereocenters. The van der Waals surface area contributed by atoms with Crippen molar-refractivity contribution in [3.8, 4) is 0 Å². The van der Waals surface area contributed by atoms with Crippen molar-refractivity contribution in [3.63, 3.8) is 0 Å². The van der Waals surface area contributed by atoms with Crippen LogP contribution in [-0.2, 0) is 14.3 Å². The molecule has 1 aromatic carbocycles. The van der Waals surface area contributed by atoms with E-state index in [0.717, 1.165) is 13.1 Å². The van der Waals surface area contributed by atoms with Crippen LogP contribution in [0.4, 0.5) is 0 Å². The van der Waals surface area contributed by atoms with Crippen LogP contribution in [0, 0.1) is 5.92 Å². The summed E-state index contributed by atoms with van der Waals surface area (Å²) in [5.41, 5.74) is 1.27. The van der Waals surface area contributed by atoms with Gasteiger partial charge in [-0.1, -0.05) is 30.3 Å². The molecule has 2 saturated heterocycles. The van der Waals surface area contributed by atoms with Crippen LogP contribution in [0.3, 0.4) is 0 Å². The first-order chi connectivity index (χ1) is 14.2. The zero-order valence-electron chi connectivity index (χ0n) is 17.1. The van der Waals surface area contributed by atoms with Crippen LogP contribution >= 0.6 is 0 Å². The number of benzene rings is 1. The molecule has 158 valence electrons. The third kappa shape index (κ3) is 5.56. The molecule has 0 bridgehead atoms. The summed E-state index contributed by atoms with van der Waals surface area (Å²) in [6, 6.07) is 10.7. The summed E-state index contributed by atoms with van der Waals surface area (Å²) in [6.45, 7) is 6.35. The molecule has 1 aromatic rings. The molecule has 1 aliphatic carbocycles. The van der Waals surface area contributed by atoms with Gasteiger partial charge in [0.05, 0.1) is 26.3 Å². The first kappa shape index (κ1) is 20.3. The molecule has 1 N–H and O–H groups in total. The zero-order chi connectivity index (χ0) is 20.1. The number of carbonyl (C=O) groups excluding carboxylic acids is 2. The summed E-state index contributed by atoms with van der Waals surface area (Å²) in [6.07, 6.45) is 2.47. The standard InChI is InChI=1S/C22H32N4O3/c27-20(16-23-22(19-6-7-19)18-4-2-1-3-5-18)25-10-8-24(9-11-25)17-21(28)26-12-14-29-15-13-26/h1-5,19,22-23H,6-17H2. The highest BCUT2D eigenvalue weighted by Gasteiger charge is 2.33. The van der Waals surface area contributed by atoms with Crippen molar-refractivity contribution in [1.82, 2.24) is 20.0 Å². The number of carbonyl (C=O) groups is 2. The van der Waals surface area contributed by atoms with E-state index in [1.807, 2.05) is 15.9 Å². The van der Waals surface area contributed by atoms with E-state index in [9.17, 15) is 9.59 Å². The minimum absolute atomic E-state index is 0.158. The molecule has 2 heterocycles. The van der Waals surface area contributed by atoms with Gasteiger partial charge >= 0.3 is 0 Å². The van der Waals surface area contributed by atoms with Gasteiger partial charge in [-0.2, -0.15) is 0 Å². The van der Waals surface area contributed by atoms with Crippen LogP contribution in [-0.4, -0.2) is 92.1 Å². The predicted octanol–water partition coefficient (Wildman–Crippen LogP) is 0.730. The second-order valence-corrected chi connectivity index (χ2v) is 8.26. The molecule has 0 spiro atoms. The smallest absolute Gasteiger partial charge is 0.236 e. The Morgan fingerprint density at radius 2 is 1.59 bits per heavy atom. The quantitative estimate of drug-likeness (QED) is 0.731. The molecule has 1 unspecified atom stereocenters. The lowest BCUT2D eigenvalue weighted by Crippen LogP contribution is -2.53. The predicted molar refractivity (Wildman–Crippen MR) is 110 cm³/mol. The lowest BCUT2D eigenvalue weighted by molar-refractivity contribution is -0.137. The molecule has 0 aromatic heterocycles. The maximum Gasteiger partial charge on any atom is 0.236 e. The number of morpholine rings is 1. The van der Waals surface area contributed by atoms with Crippen molar-refractivity contribution in [2.75, 3.05) is 65.6 Å². The summed E-state index contributed by atoms with van der Waals surface area (Å²) in [4.78, 5) is 31.1. The third-order valence-corrected chi connectivity index (χ3v) is 6.17. The number of rotatable bonds is 7. The van der Waals surface area contributed by atoms with Crippen molar-refractivity contribution in [2.45, 2.75) is 18.9 Å². The van der Waals surface area contributed by atoms with Crippen molar-refractivity contribution >= 4 is 11.8 Å². The average molecular weight is 401 g/mol. The molecule has 7 nitrogen and oxygen atoms in total. The number of nitrogens with one attached hydrogen (secondary N) is 1. The van der Waals surface area contributed by atoms with Gasteiger partial charge in [0.25, 0.3) is 0 Å². The molecule has 1 saturated carbocycles. The van der Waals surface area contributed by atoms with E-state index in [-0.39, 0.29) is 17.9 Å². The highest BCUT2D eigenvalue weighted by molar-refractivity contribution is 5.79. The second kappa shape index (κ2) is 9.69. The summed E-state index contributed by atoms with van der Waals surface area (Å²) < 4.78 is 5.31. The van der Waals surface area contributed by atoms with Crippen LogP contribution in [0.1, 0.15) is 24.4 Å². The highest BCUT2D eigenvalue weighted by Crippen LogP contribution is 2.40. The summed E-state index contributed by atoms with van der Waals surface area (Å²) in [5.74, 6) is 0.976. The van der Waals surface area contributed by atoms with Crippen LogP contribution in [0.2, 0.25) is 0 Å². The van der Waals surface area contributed by atoms with Crippen LogP contribution in [0.15, 0.2) is 30.3 Å². The molecule has 2 amide bonds. The van der Waals surface area contributed by atoms with E-state index in [1.165, 1.54) is 18.4 Å². The fraction of sp³-hybridized carbons (Fsp3) is 0.636. The number of hydrogen-bond acceptors (Lipinski definition) is 5. The lowest BCUT2D eigenvalue weighted by Gasteiger charge is -2.36. The molecule has 2 aliphatic heterocycles. The number of nitrogens with zero attached hydrogens (tertiary/aromatic N) is 3. The molecular formula is C22H32N4O3. The van der Waals surface area contributed by atoms with Gasteiger partial charge in [-0.05, 0) is 24.3 Å². The van der Waals surface area contributed by atoms with Gasteiger partial charge in [0.2, 0.25) is 11.8 Å². The Balaban J connectivity index is 1.20. The highest BCUT2D eigenvalue weighted by atomic mass is 16.5. The first-order valence-corrected chi connectivity index (χ1v) is 10.8. The second-order valence-electron chi connectivity index (χ2n) is 8.26. The molecule has 29 heavy (non-hydrogen) atoms. The zero-order valence-corrected chi connectivity index (χ0v) is 17.1. The van der Waals surface area contributed by atoms with Crippen LogP contribution < -0.4 is 5.32 Å². The van der Waals surface area contributed by atoms with E-state index < -0.39 is 0 Å². The Labute approximate surface area is 173 Å². The maximum absolute atomic E-state index is 12.7. The van der Waals surface area contributed by atoms with Gasteiger partial charge in [0.15, 0.2) is 0 Å². The number of hydrogen-bond donors (Lipinski definition) is 1. The molecule has 7 heteroatoms. The topological polar surface area (TPSA) is 65.1 Å². The lowest BCUT2D eigenvalue weighted by atomic mass is 10.0. The maximum atomic E-state index is 12.7. The monoisotopic (exact) mass is 400 g/mol. The van der Waals surface area contributed by atoms with E-state index in [0.29, 0.717) is 58.4 Å². The van der Waals surface area contributed by atoms with Gasteiger partial charge in [0.1, 0.15) is 0 Å². The minimum Gasteiger partial charge on any atom is -0.378 e. The summed E-state index contributed by atoms with van der Waals surface area (Å²) >= 11 is 0. The Morgan fingerprint density at radius 3 is 2.24 bits per heavy atom. The van der Waals surface area contributed by atoms with Crippen molar-refractivity contribution in [2.24, 2.45) is 5.92 Å². The molecule has 3 aliphatic rings. The normalized spacial score (nSPS) is 21.8. The number of piperazine rings is 1. The van der Waals surface area contributed by atoms with Crippen molar-refractivity contribution in [3.05, 3.63) is 35.9 Å². The van der Waals surface area contributed by atoms with Gasteiger partial charge in [-0.3, -0.25) is 14.5 Å². The Kier molecular flexibility index (Phi) is 6.79. The first-order valence-electron chi connectivity index (χ1n) is 10.8. The third-order valence-electron chi connectivity index (χ3n) is 6.17. The molecule has 4 rings (SSSR count). The largest absolute Gasteiger partial charge is 0.378 e. The van der Waals surface area contributed by atoms with Gasteiger partial charge < -0.3 is 19.9 Å². The van der Waals surface area contributed by atoms with Gasteiger partial charge in [0, 0.05) is 45.3 Å². The van der Waals surface area contributed by atoms with Crippen LogP contribution in [0.25, 0.3) is 0 Å². The number of amides is 2. The van der Waals surface area contributed by atoms with Gasteiger partial charge in [-0.15, -0.1) is 0 Å². The fourth-order valence-electron chi connectivity index (χ4n) is 4.22. The SMILES string of the molecule is O=C(CNC(c1ccccc1)C1CC1)N1CCN(CC(=O)N2CCOCC2)CC1. The van der Waals surface area contributed by atoms with Crippen molar-refractivity contribution < 1.29 is 14.3 Å². The Hall–Kier alpha value is -1.96. The summed E-state index contributed by atoms with van der Waals surface area (Å²) in [5, 5.41) is 3.50. The van der Waals surface area contributed by atoms with E-state index in [4.69, 9.17) is 4.74 Å². The molecule has 3 fully saturated rings. The molecular weight excluding hydrogens is 368 g/mol. The summed E-state index contributed by atoms with van der Waals surface area (Å²) in [7, 11) is 0. The van der Waals surface area contributed by atoms with Crippen LogP contribution in [0.5, 0.6) is 0 Å². The fourth-order valence-corrected chi connectivity index (χ4v) is 4.22. The van der Waals surface area contributed by atoms with Crippen molar-refractivity contribution in [1.29, 1.82) is 0 Å². The number of ether oxygens (including phenoxy) is 1. The minimum atomic E-state index is 0.158. The molecule has 0 radical (unpaired) electrons. The van der Waals surface area contributed by atoms with E-state index >= 15 is 0 Å². The average Bonchev–Trinajstić information content (AvgIpc) is 3.61. The Morgan fingerprint density at radius 1 is 0.931 bits per heavy atom. The van der Waals surface area contributed by atoms with E-state index in [2.05, 4.69) is 34.5 Å². The van der Waals surface area contributed by atoms with Gasteiger partial charge in [-0.25, -0.2) is 0 Å².